The molecule has 1 fully saturated rings. The molecule has 1 aromatic rings. The molecule has 1 aliphatic rings. The van der Waals surface area contributed by atoms with Crippen molar-refractivity contribution in [1.29, 1.82) is 0 Å². The molecular formula is C12H14ClNO2S. The summed E-state index contributed by atoms with van der Waals surface area (Å²) in [6.45, 7) is 0.696. The SMILES string of the molecule is O=C(NCC1CCCS1)c1ccc(O)c(Cl)c1. The van der Waals surface area contributed by atoms with Gasteiger partial charge in [-0.1, -0.05) is 11.6 Å². The molecule has 1 unspecified atom stereocenters. The zero-order chi connectivity index (χ0) is 12.3. The number of amides is 1. The number of hydrogen-bond donors (Lipinski definition) is 2. The molecule has 1 amide bonds. The van der Waals surface area contributed by atoms with Crippen LogP contribution in [0.2, 0.25) is 5.02 Å². The Kier molecular flexibility index (Phi) is 4.18. The first-order chi connectivity index (χ1) is 8.16. The van der Waals surface area contributed by atoms with Gasteiger partial charge in [-0.3, -0.25) is 4.79 Å². The van der Waals surface area contributed by atoms with Gasteiger partial charge in [-0.25, -0.2) is 0 Å². The van der Waals surface area contributed by atoms with E-state index in [0.717, 1.165) is 0 Å². The first-order valence-corrected chi connectivity index (χ1v) is 6.98. The lowest BCUT2D eigenvalue weighted by molar-refractivity contribution is 0.0953. The zero-order valence-electron chi connectivity index (χ0n) is 9.28. The van der Waals surface area contributed by atoms with Gasteiger partial charge in [0.2, 0.25) is 0 Å². The van der Waals surface area contributed by atoms with Crippen LogP contribution in [0.5, 0.6) is 5.75 Å². The fourth-order valence-corrected chi connectivity index (χ4v) is 3.14. The minimum absolute atomic E-state index is 0.00503. The highest BCUT2D eigenvalue weighted by atomic mass is 35.5. The van der Waals surface area contributed by atoms with Gasteiger partial charge in [-0.15, -0.1) is 0 Å². The molecule has 0 radical (unpaired) electrons. The van der Waals surface area contributed by atoms with E-state index in [9.17, 15) is 9.90 Å². The standard InChI is InChI=1S/C12H14ClNO2S/c13-10-6-8(3-4-11(10)15)12(16)14-7-9-2-1-5-17-9/h3-4,6,9,15H,1-2,5,7H2,(H,14,16). The summed E-state index contributed by atoms with van der Waals surface area (Å²) in [6, 6.07) is 4.48. The lowest BCUT2D eigenvalue weighted by Gasteiger charge is -2.10. The quantitative estimate of drug-likeness (QED) is 0.889. The van der Waals surface area contributed by atoms with Crippen LogP contribution in [0.15, 0.2) is 18.2 Å². The number of rotatable bonds is 3. The molecule has 1 saturated heterocycles. The number of halogens is 1. The monoisotopic (exact) mass is 271 g/mol. The van der Waals surface area contributed by atoms with Crippen molar-refractivity contribution in [1.82, 2.24) is 5.32 Å². The van der Waals surface area contributed by atoms with Crippen LogP contribution in [-0.4, -0.2) is 28.6 Å². The summed E-state index contributed by atoms with van der Waals surface area (Å²) < 4.78 is 0. The second-order valence-electron chi connectivity index (χ2n) is 4.01. The summed E-state index contributed by atoms with van der Waals surface area (Å²) in [5.74, 6) is 1.04. The molecule has 1 aromatic carbocycles. The molecule has 0 aromatic heterocycles. The van der Waals surface area contributed by atoms with Crippen molar-refractivity contribution in [2.45, 2.75) is 18.1 Å². The van der Waals surface area contributed by atoms with Gasteiger partial charge in [0.05, 0.1) is 5.02 Å². The Labute approximate surface area is 110 Å². The maximum absolute atomic E-state index is 11.8. The van der Waals surface area contributed by atoms with Gasteiger partial charge in [-0.2, -0.15) is 11.8 Å². The second kappa shape index (κ2) is 5.65. The van der Waals surface area contributed by atoms with Gasteiger partial charge >= 0.3 is 0 Å². The van der Waals surface area contributed by atoms with Gasteiger partial charge in [0, 0.05) is 17.4 Å². The average Bonchev–Trinajstić information content (AvgIpc) is 2.82. The van der Waals surface area contributed by atoms with E-state index in [4.69, 9.17) is 11.6 Å². The van der Waals surface area contributed by atoms with E-state index in [-0.39, 0.29) is 16.7 Å². The highest BCUT2D eigenvalue weighted by Crippen LogP contribution is 2.26. The van der Waals surface area contributed by atoms with Gasteiger partial charge in [0.15, 0.2) is 0 Å². The number of carbonyl (C=O) groups is 1. The van der Waals surface area contributed by atoms with E-state index in [1.165, 1.54) is 30.7 Å². The minimum atomic E-state index is -0.139. The molecule has 0 spiro atoms. The maximum Gasteiger partial charge on any atom is 0.251 e. The highest BCUT2D eigenvalue weighted by molar-refractivity contribution is 8.00. The van der Waals surface area contributed by atoms with Crippen molar-refractivity contribution in [2.75, 3.05) is 12.3 Å². The molecule has 5 heteroatoms. The van der Waals surface area contributed by atoms with Crippen molar-refractivity contribution in [3.8, 4) is 5.75 Å². The normalized spacial score (nSPS) is 19.2. The van der Waals surface area contributed by atoms with Crippen LogP contribution in [-0.2, 0) is 0 Å². The third kappa shape index (κ3) is 3.30. The summed E-state index contributed by atoms with van der Waals surface area (Å²) in [6.07, 6.45) is 2.40. The Hall–Kier alpha value is -0.870. The molecule has 0 bridgehead atoms. The smallest absolute Gasteiger partial charge is 0.251 e. The molecule has 3 nitrogen and oxygen atoms in total. The third-order valence-corrected chi connectivity index (χ3v) is 4.43. The van der Waals surface area contributed by atoms with Gasteiger partial charge < -0.3 is 10.4 Å². The van der Waals surface area contributed by atoms with Gasteiger partial charge in [0.1, 0.15) is 5.75 Å². The number of phenols is 1. The Morgan fingerprint density at radius 3 is 3.06 bits per heavy atom. The Balaban J connectivity index is 1.92. The molecule has 1 atom stereocenters. The molecule has 92 valence electrons. The summed E-state index contributed by atoms with van der Waals surface area (Å²) in [4.78, 5) is 11.8. The van der Waals surface area contributed by atoms with Gasteiger partial charge in [0.25, 0.3) is 5.91 Å². The van der Waals surface area contributed by atoms with E-state index in [2.05, 4.69) is 5.32 Å². The lowest BCUT2D eigenvalue weighted by Crippen LogP contribution is -2.29. The average molecular weight is 272 g/mol. The predicted molar refractivity (Wildman–Crippen MR) is 70.9 cm³/mol. The molecule has 1 aliphatic heterocycles. The molecule has 2 N–H and O–H groups in total. The Morgan fingerprint density at radius 2 is 2.41 bits per heavy atom. The van der Waals surface area contributed by atoms with Crippen LogP contribution in [0.25, 0.3) is 0 Å². The van der Waals surface area contributed by atoms with Crippen molar-refractivity contribution in [3.63, 3.8) is 0 Å². The first kappa shape index (κ1) is 12.6. The zero-order valence-corrected chi connectivity index (χ0v) is 10.9. The number of benzene rings is 1. The van der Waals surface area contributed by atoms with Crippen molar-refractivity contribution in [2.24, 2.45) is 0 Å². The van der Waals surface area contributed by atoms with Crippen LogP contribution in [0.4, 0.5) is 0 Å². The third-order valence-electron chi connectivity index (χ3n) is 2.72. The molecule has 1 heterocycles. The van der Waals surface area contributed by atoms with Crippen LogP contribution in [0, 0.1) is 0 Å². The fourth-order valence-electron chi connectivity index (χ4n) is 1.76. The fraction of sp³-hybridized carbons (Fsp3) is 0.417. The molecule has 2 rings (SSSR count). The summed E-state index contributed by atoms with van der Waals surface area (Å²) in [5, 5.41) is 12.9. The van der Waals surface area contributed by atoms with Crippen molar-refractivity contribution in [3.05, 3.63) is 28.8 Å². The van der Waals surface area contributed by atoms with Crippen LogP contribution >= 0.6 is 23.4 Å². The maximum atomic E-state index is 11.8. The number of nitrogens with one attached hydrogen (secondary N) is 1. The number of aromatic hydroxyl groups is 1. The van der Waals surface area contributed by atoms with Crippen molar-refractivity contribution < 1.29 is 9.90 Å². The predicted octanol–water partition coefficient (Wildman–Crippen LogP) is 2.67. The summed E-state index contributed by atoms with van der Waals surface area (Å²) in [7, 11) is 0. The molecule has 17 heavy (non-hydrogen) atoms. The summed E-state index contributed by atoms with van der Waals surface area (Å²) >= 11 is 7.66. The molecule has 0 aliphatic carbocycles. The van der Waals surface area contributed by atoms with E-state index >= 15 is 0 Å². The molecule has 0 saturated carbocycles. The van der Waals surface area contributed by atoms with Crippen LogP contribution in [0.1, 0.15) is 23.2 Å². The number of phenolic OH excluding ortho intramolecular Hbond substituents is 1. The van der Waals surface area contributed by atoms with Crippen LogP contribution < -0.4 is 5.32 Å². The number of hydrogen-bond acceptors (Lipinski definition) is 3. The number of carbonyl (C=O) groups excluding carboxylic acids is 1. The summed E-state index contributed by atoms with van der Waals surface area (Å²) in [5.41, 5.74) is 0.482. The second-order valence-corrected chi connectivity index (χ2v) is 5.83. The lowest BCUT2D eigenvalue weighted by atomic mass is 10.2. The first-order valence-electron chi connectivity index (χ1n) is 5.55. The number of thioether (sulfide) groups is 1. The molecular weight excluding hydrogens is 258 g/mol. The largest absolute Gasteiger partial charge is 0.506 e. The van der Waals surface area contributed by atoms with E-state index in [0.29, 0.717) is 17.4 Å². The Morgan fingerprint density at radius 1 is 1.59 bits per heavy atom. The topological polar surface area (TPSA) is 49.3 Å². The van der Waals surface area contributed by atoms with E-state index in [1.54, 1.807) is 6.07 Å². The van der Waals surface area contributed by atoms with Gasteiger partial charge in [-0.05, 0) is 36.8 Å². The van der Waals surface area contributed by atoms with E-state index in [1.807, 2.05) is 11.8 Å². The highest BCUT2D eigenvalue weighted by Gasteiger charge is 2.16. The van der Waals surface area contributed by atoms with E-state index < -0.39 is 0 Å². The Bertz CT molecular complexity index is 419. The van der Waals surface area contributed by atoms with Crippen LogP contribution in [0.3, 0.4) is 0 Å². The van der Waals surface area contributed by atoms with Crippen molar-refractivity contribution >= 4 is 29.3 Å². The minimum Gasteiger partial charge on any atom is -0.506 e.